The van der Waals surface area contributed by atoms with Crippen molar-refractivity contribution in [2.45, 2.75) is 32.5 Å². The molecule has 10 heteroatoms. The summed E-state index contributed by atoms with van der Waals surface area (Å²) in [6.07, 6.45) is 2.83. The maximum absolute atomic E-state index is 13.4. The van der Waals surface area contributed by atoms with E-state index < -0.39 is 29.5 Å². The maximum atomic E-state index is 13.4. The number of carbonyl (C=O) groups excluding carboxylic acids is 3. The zero-order chi connectivity index (χ0) is 28.3. The van der Waals surface area contributed by atoms with Gasteiger partial charge in [0.2, 0.25) is 0 Å². The molecule has 3 aromatic rings. The van der Waals surface area contributed by atoms with Crippen LogP contribution in [0.1, 0.15) is 46.9 Å². The first-order valence-electron chi connectivity index (χ1n) is 12.1. The number of aliphatic hydroxyl groups is 1. The smallest absolute Gasteiger partial charge is 0.338 e. The monoisotopic (exact) mass is 550 g/mol. The fourth-order valence-electron chi connectivity index (χ4n) is 4.34. The molecule has 1 atom stereocenters. The highest BCUT2D eigenvalue weighted by Gasteiger charge is 2.46. The second-order valence-corrected chi connectivity index (χ2v) is 9.46. The number of Topliss-reactive ketones (excluding diaryl/α,β-unsaturated/α-hetero) is 1. The molecule has 1 aliphatic rings. The molecular formula is C29H27ClN2O7. The SMILES string of the molecule is COc1cc(OC)c(/C(O)=C2\C(=O)C(=O)N(Cc3ccc(C(=O)OC(C)C)cc3)C2c2cccnc2)cc1Cl. The van der Waals surface area contributed by atoms with Crippen LogP contribution in [-0.2, 0) is 20.9 Å². The highest BCUT2D eigenvalue weighted by molar-refractivity contribution is 6.46. The molecule has 1 saturated heterocycles. The number of nitrogens with zero attached hydrogens (tertiary/aromatic N) is 2. The van der Waals surface area contributed by atoms with E-state index >= 15 is 0 Å². The van der Waals surface area contributed by atoms with E-state index in [-0.39, 0.29) is 34.6 Å². The second-order valence-electron chi connectivity index (χ2n) is 9.05. The number of esters is 1. The summed E-state index contributed by atoms with van der Waals surface area (Å²) in [5, 5.41) is 11.6. The number of likely N-dealkylation sites (tertiary alicyclic amines) is 1. The summed E-state index contributed by atoms with van der Waals surface area (Å²) in [4.78, 5) is 44.4. The minimum absolute atomic E-state index is 0.0287. The summed E-state index contributed by atoms with van der Waals surface area (Å²) in [7, 11) is 2.84. The molecule has 0 saturated carbocycles. The standard InChI is InChI=1S/C29H27ClN2O7/c1-16(2)39-29(36)18-9-7-17(8-10-18)15-32-25(19-6-5-11-31-14-19)24(27(34)28(32)35)26(33)20-12-21(30)23(38-4)13-22(20)37-3/h5-14,16,25,33H,15H2,1-4H3/b26-24+. The van der Waals surface area contributed by atoms with Crippen LogP contribution in [0.3, 0.4) is 0 Å². The average Bonchev–Trinajstić information content (AvgIpc) is 3.18. The molecule has 0 bridgehead atoms. The Morgan fingerprint density at radius 2 is 1.77 bits per heavy atom. The maximum Gasteiger partial charge on any atom is 0.338 e. The van der Waals surface area contributed by atoms with Crippen molar-refractivity contribution in [3.05, 3.63) is 93.8 Å². The lowest BCUT2D eigenvalue weighted by atomic mass is 9.95. The molecule has 4 rings (SSSR count). The van der Waals surface area contributed by atoms with Crippen molar-refractivity contribution in [1.29, 1.82) is 0 Å². The predicted molar refractivity (Wildman–Crippen MR) is 144 cm³/mol. The number of rotatable bonds is 8. The van der Waals surface area contributed by atoms with Crippen LogP contribution >= 0.6 is 11.6 Å². The van der Waals surface area contributed by atoms with Crippen LogP contribution in [0.2, 0.25) is 5.02 Å². The van der Waals surface area contributed by atoms with Gasteiger partial charge in [0.25, 0.3) is 11.7 Å². The van der Waals surface area contributed by atoms with Gasteiger partial charge in [0.15, 0.2) is 0 Å². The third-order valence-corrected chi connectivity index (χ3v) is 6.45. The van der Waals surface area contributed by atoms with E-state index in [1.807, 2.05) is 0 Å². The Bertz CT molecular complexity index is 1440. The number of ether oxygens (including phenoxy) is 3. The number of hydrogen-bond acceptors (Lipinski definition) is 8. The number of benzene rings is 2. The van der Waals surface area contributed by atoms with E-state index in [1.54, 1.807) is 56.4 Å². The van der Waals surface area contributed by atoms with Crippen molar-refractivity contribution in [1.82, 2.24) is 9.88 Å². The predicted octanol–water partition coefficient (Wildman–Crippen LogP) is 4.94. The van der Waals surface area contributed by atoms with Crippen LogP contribution in [0, 0.1) is 0 Å². The van der Waals surface area contributed by atoms with E-state index in [0.29, 0.717) is 22.4 Å². The number of ketones is 1. The van der Waals surface area contributed by atoms with Gasteiger partial charge in [-0.2, -0.15) is 0 Å². The van der Waals surface area contributed by atoms with Crippen LogP contribution in [0.15, 0.2) is 66.5 Å². The Balaban J connectivity index is 1.78. The molecule has 202 valence electrons. The number of amides is 1. The van der Waals surface area contributed by atoms with Gasteiger partial charge in [0.1, 0.15) is 17.3 Å². The van der Waals surface area contributed by atoms with Gasteiger partial charge in [0, 0.05) is 25.0 Å². The van der Waals surface area contributed by atoms with Crippen LogP contribution < -0.4 is 9.47 Å². The van der Waals surface area contributed by atoms with Crippen molar-refractivity contribution < 1.29 is 33.7 Å². The van der Waals surface area contributed by atoms with Gasteiger partial charge in [-0.25, -0.2) is 4.79 Å². The van der Waals surface area contributed by atoms with E-state index in [9.17, 15) is 19.5 Å². The normalized spacial score (nSPS) is 16.5. The van der Waals surface area contributed by atoms with Crippen LogP contribution in [-0.4, -0.2) is 53.0 Å². The van der Waals surface area contributed by atoms with Crippen LogP contribution in [0.25, 0.3) is 5.76 Å². The van der Waals surface area contributed by atoms with Gasteiger partial charge in [-0.05, 0) is 49.2 Å². The molecule has 1 N–H and O–H groups in total. The Kier molecular flexibility index (Phi) is 8.21. The van der Waals surface area contributed by atoms with Gasteiger partial charge in [-0.1, -0.05) is 29.8 Å². The van der Waals surface area contributed by atoms with Crippen molar-refractivity contribution in [3.63, 3.8) is 0 Å². The summed E-state index contributed by atoms with van der Waals surface area (Å²) >= 11 is 6.31. The zero-order valence-electron chi connectivity index (χ0n) is 21.8. The topological polar surface area (TPSA) is 115 Å². The van der Waals surface area contributed by atoms with Gasteiger partial charge < -0.3 is 24.2 Å². The Morgan fingerprint density at radius 3 is 2.36 bits per heavy atom. The minimum atomic E-state index is -0.949. The molecule has 2 aromatic carbocycles. The van der Waals surface area contributed by atoms with Crippen molar-refractivity contribution in [2.24, 2.45) is 0 Å². The molecular weight excluding hydrogens is 524 g/mol. The average molecular weight is 551 g/mol. The number of hydrogen-bond donors (Lipinski definition) is 1. The molecule has 9 nitrogen and oxygen atoms in total. The van der Waals surface area contributed by atoms with Crippen molar-refractivity contribution >= 4 is 35.0 Å². The van der Waals surface area contributed by atoms with Gasteiger partial charge in [-0.15, -0.1) is 0 Å². The highest BCUT2D eigenvalue weighted by atomic mass is 35.5. The number of aliphatic hydroxyl groups excluding tert-OH is 1. The van der Waals surface area contributed by atoms with Crippen molar-refractivity contribution in [3.8, 4) is 11.5 Å². The summed E-state index contributed by atoms with van der Waals surface area (Å²) in [6.45, 7) is 3.55. The number of halogens is 1. The van der Waals surface area contributed by atoms with E-state index in [2.05, 4.69) is 4.98 Å². The molecule has 39 heavy (non-hydrogen) atoms. The Labute approximate surface area is 230 Å². The molecule has 1 amide bonds. The lowest BCUT2D eigenvalue weighted by Crippen LogP contribution is -2.29. The third kappa shape index (κ3) is 5.58. The van der Waals surface area contributed by atoms with Gasteiger partial charge in [0.05, 0.1) is 48.1 Å². The molecule has 1 aliphatic heterocycles. The quantitative estimate of drug-likeness (QED) is 0.181. The first-order valence-corrected chi connectivity index (χ1v) is 12.4. The van der Waals surface area contributed by atoms with Crippen LogP contribution in [0.5, 0.6) is 11.5 Å². The second kappa shape index (κ2) is 11.6. The fourth-order valence-corrected chi connectivity index (χ4v) is 4.58. The Morgan fingerprint density at radius 1 is 1.08 bits per heavy atom. The summed E-state index contributed by atoms with van der Waals surface area (Å²) < 4.78 is 15.9. The fraction of sp³-hybridized carbons (Fsp3) is 0.241. The molecule has 1 fully saturated rings. The largest absolute Gasteiger partial charge is 0.507 e. The van der Waals surface area contributed by atoms with E-state index in [1.165, 1.54) is 37.4 Å². The summed E-state index contributed by atoms with van der Waals surface area (Å²) in [6, 6.07) is 11.9. The highest BCUT2D eigenvalue weighted by Crippen LogP contribution is 2.43. The van der Waals surface area contributed by atoms with Crippen LogP contribution in [0.4, 0.5) is 0 Å². The molecule has 1 unspecified atom stereocenters. The number of pyridine rings is 1. The van der Waals surface area contributed by atoms with E-state index in [0.717, 1.165) is 0 Å². The first-order chi connectivity index (χ1) is 18.7. The summed E-state index contributed by atoms with van der Waals surface area (Å²) in [5.41, 5.74) is 1.54. The number of aromatic nitrogens is 1. The lowest BCUT2D eigenvalue weighted by molar-refractivity contribution is -0.140. The van der Waals surface area contributed by atoms with Gasteiger partial charge in [-0.3, -0.25) is 14.6 Å². The zero-order valence-corrected chi connectivity index (χ0v) is 22.6. The molecule has 0 spiro atoms. The first kappa shape index (κ1) is 27.7. The summed E-state index contributed by atoms with van der Waals surface area (Å²) in [5.74, 6) is -2.05. The van der Waals surface area contributed by atoms with Gasteiger partial charge >= 0.3 is 5.97 Å². The Hall–Kier alpha value is -4.37. The molecule has 1 aromatic heterocycles. The molecule has 0 aliphatic carbocycles. The lowest BCUT2D eigenvalue weighted by Gasteiger charge is -2.25. The molecule has 0 radical (unpaired) electrons. The molecule has 2 heterocycles. The van der Waals surface area contributed by atoms with E-state index in [4.69, 9.17) is 25.8 Å². The third-order valence-electron chi connectivity index (χ3n) is 6.15. The number of methoxy groups -OCH3 is 2. The number of carbonyl (C=O) groups is 3. The minimum Gasteiger partial charge on any atom is -0.507 e. The van der Waals surface area contributed by atoms with Crippen molar-refractivity contribution in [2.75, 3.05) is 14.2 Å².